The summed E-state index contributed by atoms with van der Waals surface area (Å²) in [7, 11) is 3.24. The number of anilines is 1. The molecule has 0 saturated carbocycles. The fourth-order valence-electron chi connectivity index (χ4n) is 8.13. The Morgan fingerprint density at radius 3 is 2.20 bits per heavy atom. The molecule has 0 spiro atoms. The maximum absolute atomic E-state index is 13.9. The summed E-state index contributed by atoms with van der Waals surface area (Å²) in [6.07, 6.45) is 5.57. The van der Waals surface area contributed by atoms with Crippen LogP contribution in [0, 0.1) is 16.0 Å². The number of rotatable bonds is 20. The minimum atomic E-state index is -1.14. The van der Waals surface area contributed by atoms with E-state index in [0.29, 0.717) is 48.6 Å². The zero-order valence-corrected chi connectivity index (χ0v) is 37.2. The number of fused-ring (bicyclic) bond motifs is 1. The van der Waals surface area contributed by atoms with E-state index in [1.807, 2.05) is 103 Å². The van der Waals surface area contributed by atoms with Gasteiger partial charge in [0.25, 0.3) is 5.69 Å². The molecule has 8 rings (SSSR count). The quantitative estimate of drug-likeness (QED) is 0.0456. The number of non-ortho nitro benzene ring substituents is 1. The summed E-state index contributed by atoms with van der Waals surface area (Å²) in [6, 6.07) is 31.6. The molecule has 0 aliphatic carbocycles. The van der Waals surface area contributed by atoms with Gasteiger partial charge in [0.05, 0.1) is 51.1 Å². The van der Waals surface area contributed by atoms with E-state index in [1.54, 1.807) is 54.7 Å². The first-order valence-corrected chi connectivity index (χ1v) is 21.8. The molecule has 0 bridgehead atoms. The van der Waals surface area contributed by atoms with Crippen LogP contribution >= 0.6 is 0 Å². The largest absolute Gasteiger partial charge is 0.497 e. The topological polar surface area (TPSA) is 191 Å². The molecule has 1 aliphatic heterocycles. The molecule has 342 valence electrons. The number of ether oxygens (including phenoxy) is 5. The molecule has 17 heteroatoms. The molecule has 4 aromatic carbocycles. The summed E-state index contributed by atoms with van der Waals surface area (Å²) >= 11 is 0. The van der Waals surface area contributed by atoms with Crippen LogP contribution in [0.3, 0.4) is 0 Å². The molecule has 0 unspecified atom stereocenters. The molecule has 1 aliphatic rings. The molecule has 3 atom stereocenters. The molecule has 1 N–H and O–H groups in total. The van der Waals surface area contributed by atoms with Crippen LogP contribution < -0.4 is 19.1 Å². The number of aliphatic hydroxyl groups excluding tert-OH is 1. The Morgan fingerprint density at radius 1 is 0.924 bits per heavy atom. The summed E-state index contributed by atoms with van der Waals surface area (Å²) in [5.74, 6) is 1.11. The SMILES string of the molecule is COc1ccc(C(OC[C@H]2O[C@@H](n3cnc4c(OCCc5ccc([N+](=O)[O-])cc5)nc(N(CCCn5ccnc5)C(=O)C(C)C)nc43)C[C@@H]2O)(c2ccccc2)c2ccc(OC)cc2)cc1. The third-order valence-electron chi connectivity index (χ3n) is 11.7. The Balaban J connectivity index is 1.11. The van der Waals surface area contributed by atoms with E-state index in [-0.39, 0.29) is 49.0 Å². The maximum atomic E-state index is 13.9. The lowest BCUT2D eigenvalue weighted by Gasteiger charge is -2.37. The van der Waals surface area contributed by atoms with Crippen molar-refractivity contribution in [2.24, 2.45) is 5.92 Å². The zero-order valence-electron chi connectivity index (χ0n) is 37.2. The van der Waals surface area contributed by atoms with Crippen molar-refractivity contribution >= 4 is 28.7 Å². The lowest BCUT2D eigenvalue weighted by atomic mass is 9.80. The molecule has 66 heavy (non-hydrogen) atoms. The molecule has 1 amide bonds. The second-order valence-electron chi connectivity index (χ2n) is 16.2. The number of hydrogen-bond acceptors (Lipinski definition) is 13. The van der Waals surface area contributed by atoms with E-state index >= 15 is 0 Å². The van der Waals surface area contributed by atoms with Crippen molar-refractivity contribution in [1.29, 1.82) is 0 Å². The lowest BCUT2D eigenvalue weighted by molar-refractivity contribution is -0.384. The van der Waals surface area contributed by atoms with Gasteiger partial charge in [0, 0.05) is 56.4 Å². The monoisotopic (exact) mass is 896 g/mol. The average Bonchev–Trinajstić information content (AvgIpc) is 4.12. The Bertz CT molecular complexity index is 2650. The van der Waals surface area contributed by atoms with Gasteiger partial charge < -0.3 is 33.4 Å². The number of aromatic nitrogens is 6. The van der Waals surface area contributed by atoms with Gasteiger partial charge in [-0.1, -0.05) is 80.6 Å². The van der Waals surface area contributed by atoms with Gasteiger partial charge >= 0.3 is 0 Å². The summed E-state index contributed by atoms with van der Waals surface area (Å²) < 4.78 is 34.8. The van der Waals surface area contributed by atoms with E-state index in [2.05, 4.69) is 9.97 Å². The molecule has 4 heterocycles. The van der Waals surface area contributed by atoms with Crippen LogP contribution in [0.2, 0.25) is 0 Å². The van der Waals surface area contributed by atoms with E-state index in [0.717, 1.165) is 22.3 Å². The highest BCUT2D eigenvalue weighted by Gasteiger charge is 2.42. The maximum Gasteiger partial charge on any atom is 0.269 e. The van der Waals surface area contributed by atoms with Crippen LogP contribution in [0.15, 0.2) is 128 Å². The molecule has 0 radical (unpaired) electrons. The Morgan fingerprint density at radius 2 is 1.59 bits per heavy atom. The van der Waals surface area contributed by atoms with Crippen molar-refractivity contribution in [3.05, 3.63) is 161 Å². The number of aliphatic hydroxyl groups is 1. The van der Waals surface area contributed by atoms with Gasteiger partial charge in [0.15, 0.2) is 11.2 Å². The summed E-state index contributed by atoms with van der Waals surface area (Å²) in [6.45, 7) is 4.70. The van der Waals surface area contributed by atoms with Crippen LogP contribution in [0.5, 0.6) is 17.4 Å². The summed E-state index contributed by atoms with van der Waals surface area (Å²) in [5.41, 5.74) is 2.88. The molecular weight excluding hydrogens is 845 g/mol. The first-order chi connectivity index (χ1) is 32.1. The number of nitro benzene ring substituents is 1. The van der Waals surface area contributed by atoms with Crippen molar-refractivity contribution in [2.45, 2.75) is 63.7 Å². The number of carbonyl (C=O) groups excluding carboxylic acids is 1. The van der Waals surface area contributed by atoms with E-state index in [9.17, 15) is 20.0 Å². The average molecular weight is 897 g/mol. The van der Waals surface area contributed by atoms with E-state index < -0.39 is 29.0 Å². The number of nitro groups is 1. The van der Waals surface area contributed by atoms with Gasteiger partial charge in [-0.05, 0) is 52.9 Å². The van der Waals surface area contributed by atoms with Gasteiger partial charge in [-0.15, -0.1) is 0 Å². The highest BCUT2D eigenvalue weighted by Crippen LogP contribution is 2.43. The third-order valence-corrected chi connectivity index (χ3v) is 11.7. The fraction of sp³-hybridized carbons (Fsp3) is 0.327. The van der Waals surface area contributed by atoms with Crippen molar-refractivity contribution in [3.63, 3.8) is 0 Å². The van der Waals surface area contributed by atoms with Gasteiger partial charge in [0.1, 0.15) is 29.4 Å². The van der Waals surface area contributed by atoms with Crippen LogP contribution in [-0.2, 0) is 32.8 Å². The van der Waals surface area contributed by atoms with Crippen LogP contribution in [0.4, 0.5) is 11.6 Å². The number of hydrogen-bond donors (Lipinski definition) is 1. The summed E-state index contributed by atoms with van der Waals surface area (Å²) in [4.78, 5) is 44.8. The number of amides is 1. The number of nitrogens with zero attached hydrogens (tertiary/aromatic N) is 8. The number of methoxy groups -OCH3 is 2. The highest BCUT2D eigenvalue weighted by atomic mass is 16.6. The van der Waals surface area contributed by atoms with E-state index in [1.165, 1.54) is 12.1 Å². The minimum absolute atomic E-state index is 0.00615. The number of benzene rings is 4. The lowest BCUT2D eigenvalue weighted by Crippen LogP contribution is -2.38. The molecule has 17 nitrogen and oxygen atoms in total. The Labute approximate surface area is 381 Å². The number of imidazole rings is 2. The molecule has 3 aromatic heterocycles. The smallest absolute Gasteiger partial charge is 0.269 e. The normalized spacial score (nSPS) is 16.1. The van der Waals surface area contributed by atoms with Gasteiger partial charge in [-0.25, -0.2) is 9.97 Å². The zero-order chi connectivity index (χ0) is 46.2. The van der Waals surface area contributed by atoms with Crippen LogP contribution in [0.25, 0.3) is 11.2 Å². The number of aryl methyl sites for hydroxylation is 1. The van der Waals surface area contributed by atoms with Crippen LogP contribution in [0.1, 0.15) is 55.2 Å². The van der Waals surface area contributed by atoms with Crippen molar-refractivity contribution in [2.75, 3.05) is 38.9 Å². The van der Waals surface area contributed by atoms with E-state index in [4.69, 9.17) is 33.7 Å². The predicted molar refractivity (Wildman–Crippen MR) is 244 cm³/mol. The van der Waals surface area contributed by atoms with Crippen molar-refractivity contribution < 1.29 is 38.5 Å². The highest BCUT2D eigenvalue weighted by molar-refractivity contribution is 5.94. The standard InChI is InChI=1S/C49H52N8O9/c1-33(2)47(59)55(26-8-25-54-27-24-50-31-54)48-52-45-44(46(53-48)64-28-23-34-11-17-38(18-12-34)57(60)61)51-32-56(45)43-29-41(58)42(66-43)30-65-49(35-9-6-5-7-10-35,36-13-19-39(62-3)20-14-36)37-15-21-40(63-4)22-16-37/h5-7,9-22,24,27,31-33,41-43,58H,8,23,25-26,28-30H2,1-4H3/t41-,42+,43+/m0/s1. The van der Waals surface area contributed by atoms with Gasteiger partial charge in [-0.2, -0.15) is 9.97 Å². The Kier molecular flexibility index (Phi) is 14.0. The first kappa shape index (κ1) is 45.4. The summed E-state index contributed by atoms with van der Waals surface area (Å²) in [5, 5.41) is 23.0. The minimum Gasteiger partial charge on any atom is -0.497 e. The predicted octanol–water partition coefficient (Wildman–Crippen LogP) is 7.31. The van der Waals surface area contributed by atoms with Gasteiger partial charge in [-0.3, -0.25) is 24.4 Å². The molecular formula is C49H52N8O9. The fourth-order valence-corrected chi connectivity index (χ4v) is 8.13. The third kappa shape index (κ3) is 9.73. The molecule has 1 saturated heterocycles. The van der Waals surface area contributed by atoms with Crippen molar-refractivity contribution in [1.82, 2.24) is 29.1 Å². The second-order valence-corrected chi connectivity index (χ2v) is 16.2. The van der Waals surface area contributed by atoms with Gasteiger partial charge in [0.2, 0.25) is 17.7 Å². The van der Waals surface area contributed by atoms with Crippen molar-refractivity contribution in [3.8, 4) is 17.4 Å². The Hall–Kier alpha value is -7.21. The first-order valence-electron chi connectivity index (χ1n) is 21.8. The second kappa shape index (κ2) is 20.3. The molecule has 7 aromatic rings. The molecule has 1 fully saturated rings. The van der Waals surface area contributed by atoms with Crippen LogP contribution in [-0.4, -0.2) is 91.2 Å². The number of carbonyl (C=O) groups is 1.